The molecule has 1 aromatic rings. The Bertz CT molecular complexity index is 591. The third kappa shape index (κ3) is 5.11. The highest BCUT2D eigenvalue weighted by molar-refractivity contribution is 5.82. The molecule has 0 spiro atoms. The zero-order valence-electron chi connectivity index (χ0n) is 15.8. The summed E-state index contributed by atoms with van der Waals surface area (Å²) in [5, 5.41) is 5.79. The molecule has 2 N–H and O–H groups in total. The lowest BCUT2D eigenvalue weighted by atomic mass is 9.88. The summed E-state index contributed by atoms with van der Waals surface area (Å²) >= 11 is 0. The average molecular weight is 363 g/mol. The largest absolute Gasteiger partial charge is 0.497 e. The summed E-state index contributed by atoms with van der Waals surface area (Å²) in [7, 11) is 3.26. The van der Waals surface area contributed by atoms with Gasteiger partial charge in [0.05, 0.1) is 13.0 Å². The van der Waals surface area contributed by atoms with Gasteiger partial charge in [-0.1, -0.05) is 12.1 Å². The molecular formula is C19H29N3O4. The molecule has 2 rings (SSSR count). The van der Waals surface area contributed by atoms with Gasteiger partial charge in [0.2, 0.25) is 5.91 Å². The van der Waals surface area contributed by atoms with Crippen LogP contribution in [0.2, 0.25) is 0 Å². The lowest BCUT2D eigenvalue weighted by Gasteiger charge is -2.18. The number of hydrogen-bond donors (Lipinski definition) is 2. The maximum Gasteiger partial charge on any atom is 0.317 e. The van der Waals surface area contributed by atoms with E-state index in [-0.39, 0.29) is 23.8 Å². The van der Waals surface area contributed by atoms with Crippen LogP contribution in [-0.2, 0) is 9.53 Å². The second kappa shape index (κ2) is 10.0. The first-order chi connectivity index (χ1) is 12.6. The van der Waals surface area contributed by atoms with Gasteiger partial charge in [0.1, 0.15) is 5.75 Å². The Morgan fingerprint density at radius 2 is 1.88 bits per heavy atom. The quantitative estimate of drug-likeness (QED) is 0.688. The molecule has 0 saturated carbocycles. The summed E-state index contributed by atoms with van der Waals surface area (Å²) in [6.45, 7) is 4.57. The van der Waals surface area contributed by atoms with Crippen LogP contribution in [-0.4, -0.2) is 63.8 Å². The molecule has 0 aromatic heterocycles. The molecule has 1 fully saturated rings. The van der Waals surface area contributed by atoms with Crippen LogP contribution in [0.3, 0.4) is 0 Å². The Labute approximate surface area is 155 Å². The maximum absolute atomic E-state index is 12.7. The Hall–Kier alpha value is -2.28. The monoisotopic (exact) mass is 363 g/mol. The van der Waals surface area contributed by atoms with E-state index < -0.39 is 0 Å². The standard InChI is InChI=1S/C19H29N3O4/c1-4-20-19(24)22-12-16(14-6-8-15(26-3)9-7-14)17(13-22)18(23)21-10-5-11-25-2/h6-9,16-17H,4-5,10-13H2,1-3H3,(H,20,24)(H,21,23). The first-order valence-corrected chi connectivity index (χ1v) is 9.04. The Kier molecular flexibility index (Phi) is 7.72. The number of amides is 3. The molecule has 26 heavy (non-hydrogen) atoms. The van der Waals surface area contributed by atoms with Crippen LogP contribution in [0.15, 0.2) is 24.3 Å². The third-order valence-corrected chi connectivity index (χ3v) is 4.64. The molecule has 3 amide bonds. The lowest BCUT2D eigenvalue weighted by molar-refractivity contribution is -0.124. The number of ether oxygens (including phenoxy) is 2. The molecule has 1 aliphatic heterocycles. The molecule has 1 aromatic carbocycles. The molecule has 2 unspecified atom stereocenters. The first-order valence-electron chi connectivity index (χ1n) is 9.04. The summed E-state index contributed by atoms with van der Waals surface area (Å²) in [6.07, 6.45) is 0.766. The number of carbonyl (C=O) groups excluding carboxylic acids is 2. The van der Waals surface area contributed by atoms with Crippen LogP contribution in [0.5, 0.6) is 5.75 Å². The molecule has 0 bridgehead atoms. The van der Waals surface area contributed by atoms with Crippen LogP contribution in [0.4, 0.5) is 4.79 Å². The highest BCUT2D eigenvalue weighted by Crippen LogP contribution is 2.33. The minimum Gasteiger partial charge on any atom is -0.497 e. The van der Waals surface area contributed by atoms with Gasteiger partial charge in [0.25, 0.3) is 0 Å². The van der Waals surface area contributed by atoms with Crippen molar-refractivity contribution in [3.63, 3.8) is 0 Å². The van der Waals surface area contributed by atoms with Crippen molar-refractivity contribution in [3.05, 3.63) is 29.8 Å². The molecule has 1 heterocycles. The maximum atomic E-state index is 12.7. The van der Waals surface area contributed by atoms with E-state index in [1.54, 1.807) is 19.1 Å². The second-order valence-corrected chi connectivity index (χ2v) is 6.36. The zero-order valence-corrected chi connectivity index (χ0v) is 15.8. The summed E-state index contributed by atoms with van der Waals surface area (Å²) in [6, 6.07) is 7.59. The van der Waals surface area contributed by atoms with Gasteiger partial charge in [-0.2, -0.15) is 0 Å². The van der Waals surface area contributed by atoms with Crippen LogP contribution >= 0.6 is 0 Å². The molecular weight excluding hydrogens is 334 g/mol. The number of rotatable bonds is 8. The van der Waals surface area contributed by atoms with Crippen molar-refractivity contribution < 1.29 is 19.1 Å². The number of urea groups is 1. The molecule has 144 valence electrons. The summed E-state index contributed by atoms with van der Waals surface area (Å²) in [5.74, 6) is 0.445. The fourth-order valence-electron chi connectivity index (χ4n) is 3.25. The SMILES string of the molecule is CCNC(=O)N1CC(C(=O)NCCCOC)C(c2ccc(OC)cc2)C1. The predicted molar refractivity (Wildman–Crippen MR) is 99.4 cm³/mol. The minimum absolute atomic E-state index is 0.0197. The van der Waals surface area contributed by atoms with Crippen LogP contribution in [0, 0.1) is 5.92 Å². The zero-order chi connectivity index (χ0) is 18.9. The van der Waals surface area contributed by atoms with Gasteiger partial charge >= 0.3 is 6.03 Å². The summed E-state index contributed by atoms with van der Waals surface area (Å²) in [4.78, 5) is 26.7. The summed E-state index contributed by atoms with van der Waals surface area (Å²) in [5.41, 5.74) is 1.04. The topological polar surface area (TPSA) is 79.9 Å². The van der Waals surface area contributed by atoms with Crippen molar-refractivity contribution >= 4 is 11.9 Å². The number of hydrogen-bond acceptors (Lipinski definition) is 4. The van der Waals surface area contributed by atoms with Gasteiger partial charge in [-0.15, -0.1) is 0 Å². The number of carbonyl (C=O) groups is 2. The minimum atomic E-state index is -0.270. The van der Waals surface area contributed by atoms with Crippen molar-refractivity contribution in [1.29, 1.82) is 0 Å². The molecule has 1 saturated heterocycles. The van der Waals surface area contributed by atoms with Crippen molar-refractivity contribution in [3.8, 4) is 5.75 Å². The van der Waals surface area contributed by atoms with Gasteiger partial charge in [-0.25, -0.2) is 4.79 Å². The second-order valence-electron chi connectivity index (χ2n) is 6.36. The van der Waals surface area contributed by atoms with Crippen molar-refractivity contribution in [2.24, 2.45) is 5.92 Å². The van der Waals surface area contributed by atoms with Gasteiger partial charge in [-0.05, 0) is 31.0 Å². The lowest BCUT2D eigenvalue weighted by Crippen LogP contribution is -2.40. The predicted octanol–water partition coefficient (Wildman–Crippen LogP) is 1.59. The van der Waals surface area contributed by atoms with Gasteiger partial charge in [0, 0.05) is 45.8 Å². The highest BCUT2D eigenvalue weighted by Gasteiger charge is 2.40. The van der Waals surface area contributed by atoms with E-state index in [2.05, 4.69) is 10.6 Å². The number of nitrogens with zero attached hydrogens (tertiary/aromatic N) is 1. The fraction of sp³-hybridized carbons (Fsp3) is 0.579. The smallest absolute Gasteiger partial charge is 0.317 e. The number of benzene rings is 1. The Morgan fingerprint density at radius 3 is 2.50 bits per heavy atom. The van der Waals surface area contributed by atoms with Crippen LogP contribution in [0.25, 0.3) is 0 Å². The molecule has 7 nitrogen and oxygen atoms in total. The Balaban J connectivity index is 2.11. The van der Waals surface area contributed by atoms with Gasteiger partial charge in [-0.3, -0.25) is 4.79 Å². The van der Waals surface area contributed by atoms with Crippen LogP contribution < -0.4 is 15.4 Å². The summed E-state index contributed by atoms with van der Waals surface area (Å²) < 4.78 is 10.2. The molecule has 1 aliphatic rings. The van der Waals surface area contributed by atoms with E-state index in [9.17, 15) is 9.59 Å². The molecule has 2 atom stereocenters. The van der Waals surface area contributed by atoms with Crippen LogP contribution in [0.1, 0.15) is 24.8 Å². The van der Waals surface area contributed by atoms with Gasteiger partial charge in [0.15, 0.2) is 0 Å². The third-order valence-electron chi connectivity index (χ3n) is 4.64. The fourth-order valence-corrected chi connectivity index (χ4v) is 3.25. The first kappa shape index (κ1) is 20.0. The number of nitrogens with one attached hydrogen (secondary N) is 2. The van der Waals surface area contributed by atoms with E-state index in [1.165, 1.54) is 0 Å². The molecule has 0 aliphatic carbocycles. The molecule has 0 radical (unpaired) electrons. The van der Waals surface area contributed by atoms with Crippen molar-refractivity contribution in [1.82, 2.24) is 15.5 Å². The average Bonchev–Trinajstić information content (AvgIpc) is 3.11. The number of likely N-dealkylation sites (tertiary alicyclic amines) is 1. The number of methoxy groups -OCH3 is 2. The van der Waals surface area contributed by atoms with Crippen molar-refractivity contribution in [2.75, 3.05) is 47.0 Å². The van der Waals surface area contributed by atoms with Crippen molar-refractivity contribution in [2.45, 2.75) is 19.3 Å². The van der Waals surface area contributed by atoms with E-state index in [1.807, 2.05) is 31.2 Å². The Morgan fingerprint density at radius 1 is 1.15 bits per heavy atom. The van der Waals surface area contributed by atoms with E-state index in [4.69, 9.17) is 9.47 Å². The van der Waals surface area contributed by atoms with E-state index in [0.29, 0.717) is 32.8 Å². The highest BCUT2D eigenvalue weighted by atomic mass is 16.5. The normalized spacial score (nSPS) is 19.3. The van der Waals surface area contributed by atoms with Gasteiger partial charge < -0.3 is 25.0 Å². The van der Waals surface area contributed by atoms with E-state index in [0.717, 1.165) is 17.7 Å². The van der Waals surface area contributed by atoms with E-state index >= 15 is 0 Å². The molecule has 7 heteroatoms.